The van der Waals surface area contributed by atoms with Gasteiger partial charge in [-0.25, -0.2) is 8.42 Å². The molecule has 1 aliphatic rings. The summed E-state index contributed by atoms with van der Waals surface area (Å²) in [5, 5.41) is 6.05. The lowest BCUT2D eigenvalue weighted by molar-refractivity contribution is -0.116. The summed E-state index contributed by atoms with van der Waals surface area (Å²) in [6.45, 7) is 6.97. The second-order valence-electron chi connectivity index (χ2n) is 7.72. The van der Waals surface area contributed by atoms with E-state index in [0.29, 0.717) is 18.8 Å². The van der Waals surface area contributed by atoms with Crippen LogP contribution in [0.1, 0.15) is 37.3 Å². The summed E-state index contributed by atoms with van der Waals surface area (Å²) in [7, 11) is -3.46. The van der Waals surface area contributed by atoms with Crippen LogP contribution in [0.2, 0.25) is 0 Å². The maximum atomic E-state index is 12.7. The average Bonchev–Trinajstić information content (AvgIpc) is 2.68. The average molecular weight is 416 g/mol. The number of aryl methyl sites for hydroxylation is 2. The fourth-order valence-corrected chi connectivity index (χ4v) is 5.11. The standard InChI is InChI=1S/C22H29N3O3S/c1-16-13-17(2)15-20(14-16)23-18(3)22(26)24-19-7-9-21(10-8-19)29(27,28)25-11-5-4-6-12-25/h7-10,13-15,18,23H,4-6,11-12H2,1-3H3,(H,24,26)/t18-/m1/s1. The van der Waals surface area contributed by atoms with Gasteiger partial charge in [-0.1, -0.05) is 12.5 Å². The minimum absolute atomic E-state index is 0.184. The molecule has 6 nitrogen and oxygen atoms in total. The predicted molar refractivity (Wildman–Crippen MR) is 117 cm³/mol. The van der Waals surface area contributed by atoms with E-state index in [1.165, 1.54) is 0 Å². The molecule has 2 aromatic carbocycles. The first-order valence-corrected chi connectivity index (χ1v) is 11.5. The van der Waals surface area contributed by atoms with Gasteiger partial charge in [0.2, 0.25) is 15.9 Å². The molecule has 1 aliphatic heterocycles. The third kappa shape index (κ3) is 5.36. The van der Waals surface area contributed by atoms with Crippen LogP contribution in [0, 0.1) is 13.8 Å². The molecule has 1 heterocycles. The van der Waals surface area contributed by atoms with E-state index >= 15 is 0 Å². The number of piperidine rings is 1. The number of hydrogen-bond acceptors (Lipinski definition) is 4. The maximum Gasteiger partial charge on any atom is 0.246 e. The summed E-state index contributed by atoms with van der Waals surface area (Å²) < 4.78 is 27.0. The van der Waals surface area contributed by atoms with Crippen LogP contribution in [-0.2, 0) is 14.8 Å². The summed E-state index contributed by atoms with van der Waals surface area (Å²) in [6, 6.07) is 12.0. The monoisotopic (exact) mass is 415 g/mol. The van der Waals surface area contributed by atoms with Gasteiger partial charge in [0.15, 0.2) is 0 Å². The lowest BCUT2D eigenvalue weighted by atomic mass is 10.1. The van der Waals surface area contributed by atoms with E-state index in [4.69, 9.17) is 0 Å². The number of rotatable bonds is 6. The first-order chi connectivity index (χ1) is 13.8. The van der Waals surface area contributed by atoms with Crippen molar-refractivity contribution in [3.8, 4) is 0 Å². The number of carbonyl (C=O) groups excluding carboxylic acids is 1. The van der Waals surface area contributed by atoms with Gasteiger partial charge in [0, 0.05) is 24.5 Å². The summed E-state index contributed by atoms with van der Waals surface area (Å²) in [6.07, 6.45) is 2.88. The van der Waals surface area contributed by atoms with Gasteiger partial charge in [0.1, 0.15) is 6.04 Å². The zero-order valence-electron chi connectivity index (χ0n) is 17.2. The molecule has 2 aromatic rings. The second kappa shape index (κ2) is 8.97. The molecule has 0 spiro atoms. The first kappa shape index (κ1) is 21.3. The molecule has 0 saturated carbocycles. The molecule has 156 valence electrons. The largest absolute Gasteiger partial charge is 0.374 e. The molecule has 0 radical (unpaired) electrons. The Hall–Kier alpha value is -2.38. The Balaban J connectivity index is 1.63. The molecule has 1 fully saturated rings. The number of sulfonamides is 1. The van der Waals surface area contributed by atoms with Gasteiger partial charge in [-0.15, -0.1) is 0 Å². The molecule has 7 heteroatoms. The topological polar surface area (TPSA) is 78.5 Å². The van der Waals surface area contributed by atoms with Crippen molar-refractivity contribution in [1.82, 2.24) is 4.31 Å². The summed E-state index contributed by atoms with van der Waals surface area (Å²) >= 11 is 0. The van der Waals surface area contributed by atoms with Crippen molar-refractivity contribution in [3.63, 3.8) is 0 Å². The van der Waals surface area contributed by atoms with Gasteiger partial charge in [0.05, 0.1) is 4.90 Å². The summed E-state index contributed by atoms with van der Waals surface area (Å²) in [5.41, 5.74) is 3.73. The van der Waals surface area contributed by atoms with Gasteiger partial charge in [-0.3, -0.25) is 4.79 Å². The zero-order chi connectivity index (χ0) is 21.0. The smallest absolute Gasteiger partial charge is 0.246 e. The number of carbonyl (C=O) groups is 1. The van der Waals surface area contributed by atoms with Crippen molar-refractivity contribution in [1.29, 1.82) is 0 Å². The molecule has 0 aromatic heterocycles. The van der Waals surface area contributed by atoms with Gasteiger partial charge in [-0.2, -0.15) is 4.31 Å². The van der Waals surface area contributed by atoms with Crippen LogP contribution in [0.4, 0.5) is 11.4 Å². The number of amides is 1. The van der Waals surface area contributed by atoms with Gasteiger partial charge < -0.3 is 10.6 Å². The van der Waals surface area contributed by atoms with E-state index < -0.39 is 16.1 Å². The maximum absolute atomic E-state index is 12.7. The molecule has 1 saturated heterocycles. The van der Waals surface area contributed by atoms with Crippen LogP contribution in [0.3, 0.4) is 0 Å². The molecule has 0 bridgehead atoms. The third-order valence-electron chi connectivity index (χ3n) is 5.07. The van der Waals surface area contributed by atoms with Crippen molar-refractivity contribution in [2.24, 2.45) is 0 Å². The Morgan fingerprint density at radius 2 is 1.52 bits per heavy atom. The van der Waals surface area contributed by atoms with Gasteiger partial charge in [0.25, 0.3) is 0 Å². The fraction of sp³-hybridized carbons (Fsp3) is 0.409. The summed E-state index contributed by atoms with van der Waals surface area (Å²) in [5.74, 6) is -0.184. The molecule has 29 heavy (non-hydrogen) atoms. The van der Waals surface area contributed by atoms with Crippen LogP contribution in [0.15, 0.2) is 47.4 Å². The SMILES string of the molecule is Cc1cc(C)cc(N[C@H](C)C(=O)Nc2ccc(S(=O)(=O)N3CCCCC3)cc2)c1. The number of benzene rings is 2. The van der Waals surface area contributed by atoms with E-state index in [1.807, 2.05) is 26.0 Å². The normalized spacial score (nSPS) is 16.2. The van der Waals surface area contributed by atoms with Crippen LogP contribution in [-0.4, -0.2) is 37.8 Å². The van der Waals surface area contributed by atoms with Crippen molar-refractivity contribution in [3.05, 3.63) is 53.6 Å². The minimum atomic E-state index is -3.46. The Morgan fingerprint density at radius 3 is 2.10 bits per heavy atom. The molecule has 3 rings (SSSR count). The molecule has 2 N–H and O–H groups in total. The molecular weight excluding hydrogens is 386 g/mol. The van der Waals surface area contributed by atoms with Crippen molar-refractivity contribution in [2.75, 3.05) is 23.7 Å². The number of nitrogens with one attached hydrogen (secondary N) is 2. The van der Waals surface area contributed by atoms with Crippen molar-refractivity contribution >= 4 is 27.3 Å². The van der Waals surface area contributed by atoms with E-state index in [-0.39, 0.29) is 10.8 Å². The highest BCUT2D eigenvalue weighted by Crippen LogP contribution is 2.22. The van der Waals surface area contributed by atoms with Crippen molar-refractivity contribution < 1.29 is 13.2 Å². The van der Waals surface area contributed by atoms with Crippen LogP contribution in [0.5, 0.6) is 0 Å². The molecule has 0 aliphatic carbocycles. The number of hydrogen-bond donors (Lipinski definition) is 2. The highest BCUT2D eigenvalue weighted by atomic mass is 32.2. The number of anilines is 2. The first-order valence-electron chi connectivity index (χ1n) is 10.0. The van der Waals surface area contributed by atoms with E-state index in [1.54, 1.807) is 35.5 Å². The molecular formula is C22H29N3O3S. The van der Waals surface area contributed by atoms with E-state index in [9.17, 15) is 13.2 Å². The van der Waals surface area contributed by atoms with Crippen LogP contribution < -0.4 is 10.6 Å². The number of nitrogens with zero attached hydrogens (tertiary/aromatic N) is 1. The molecule has 1 amide bonds. The van der Waals surface area contributed by atoms with Gasteiger partial charge >= 0.3 is 0 Å². The van der Waals surface area contributed by atoms with E-state index in [0.717, 1.165) is 36.1 Å². The van der Waals surface area contributed by atoms with Crippen LogP contribution in [0.25, 0.3) is 0 Å². The van der Waals surface area contributed by atoms with Crippen LogP contribution >= 0.6 is 0 Å². The predicted octanol–water partition coefficient (Wildman–Crippen LogP) is 3.92. The van der Waals surface area contributed by atoms with E-state index in [2.05, 4.69) is 16.7 Å². The highest BCUT2D eigenvalue weighted by molar-refractivity contribution is 7.89. The lowest BCUT2D eigenvalue weighted by Gasteiger charge is -2.25. The quantitative estimate of drug-likeness (QED) is 0.750. The van der Waals surface area contributed by atoms with Gasteiger partial charge in [-0.05, 0) is 81.1 Å². The summed E-state index contributed by atoms with van der Waals surface area (Å²) in [4.78, 5) is 12.8. The Labute approximate surface area is 173 Å². The Bertz CT molecular complexity index is 945. The molecule has 0 unspecified atom stereocenters. The lowest BCUT2D eigenvalue weighted by Crippen LogP contribution is -2.35. The minimum Gasteiger partial charge on any atom is -0.374 e. The second-order valence-corrected chi connectivity index (χ2v) is 9.66. The third-order valence-corrected chi connectivity index (χ3v) is 6.99. The highest BCUT2D eigenvalue weighted by Gasteiger charge is 2.25. The molecule has 1 atom stereocenters. The zero-order valence-corrected chi connectivity index (χ0v) is 18.1. The Kier molecular flexibility index (Phi) is 6.59. The Morgan fingerprint density at radius 1 is 0.931 bits per heavy atom. The fourth-order valence-electron chi connectivity index (χ4n) is 3.59. The van der Waals surface area contributed by atoms with Crippen molar-refractivity contribution in [2.45, 2.75) is 51.0 Å².